The maximum atomic E-state index is 11.8. The van der Waals surface area contributed by atoms with Crippen LogP contribution in [-0.4, -0.2) is 74.9 Å². The number of carbonyl (C=O) groups excluding carboxylic acids is 3. The van der Waals surface area contributed by atoms with E-state index in [2.05, 4.69) is 27.0 Å². The molecule has 2 saturated heterocycles. The predicted molar refractivity (Wildman–Crippen MR) is 153 cm³/mol. The first-order valence-corrected chi connectivity index (χ1v) is 14.1. The summed E-state index contributed by atoms with van der Waals surface area (Å²) in [6.45, 7) is 26.3. The largest absolute Gasteiger partial charge is 0.462 e. The number of rotatable bonds is 13. The van der Waals surface area contributed by atoms with Gasteiger partial charge >= 0.3 is 11.9 Å². The molecule has 0 aromatic carbocycles. The lowest BCUT2D eigenvalue weighted by molar-refractivity contribution is -0.352. The lowest BCUT2D eigenvalue weighted by atomic mass is 9.71. The van der Waals surface area contributed by atoms with Crippen LogP contribution in [0.5, 0.6) is 0 Å². The van der Waals surface area contributed by atoms with Gasteiger partial charge < -0.3 is 28.4 Å². The molecule has 3 unspecified atom stereocenters. The van der Waals surface area contributed by atoms with Crippen LogP contribution in [-0.2, 0) is 42.8 Å². The minimum atomic E-state index is -0.619. The van der Waals surface area contributed by atoms with Gasteiger partial charge in [0.1, 0.15) is 6.61 Å². The number of esters is 2. The number of hydrogen-bond donors (Lipinski definition) is 0. The van der Waals surface area contributed by atoms with Gasteiger partial charge in [-0.3, -0.25) is 4.79 Å². The Morgan fingerprint density at radius 3 is 2.20 bits per heavy atom. The molecule has 2 fully saturated rings. The molecule has 9 nitrogen and oxygen atoms in total. The smallest absolute Gasteiger partial charge is 0.344 e. The van der Waals surface area contributed by atoms with Crippen molar-refractivity contribution in [2.75, 3.05) is 33.0 Å². The molecular weight excluding hydrogens is 516 g/mol. The van der Waals surface area contributed by atoms with Gasteiger partial charge in [-0.1, -0.05) is 40.9 Å². The second-order valence-corrected chi connectivity index (χ2v) is 12.5. The first kappa shape index (κ1) is 36.0. The first-order valence-electron chi connectivity index (χ1n) is 14.1. The summed E-state index contributed by atoms with van der Waals surface area (Å²) in [4.78, 5) is 34.3. The van der Waals surface area contributed by atoms with Crippen molar-refractivity contribution in [2.45, 2.75) is 112 Å². The lowest BCUT2D eigenvalue weighted by Crippen LogP contribution is -2.60. The van der Waals surface area contributed by atoms with Gasteiger partial charge in [-0.05, 0) is 59.5 Å². The second kappa shape index (κ2) is 15.8. The van der Waals surface area contributed by atoms with E-state index in [9.17, 15) is 14.4 Å². The summed E-state index contributed by atoms with van der Waals surface area (Å²) in [5, 5.41) is 0. The third-order valence-corrected chi connectivity index (χ3v) is 7.71. The Balaban J connectivity index is 0.000000453. The van der Waals surface area contributed by atoms with Crippen LogP contribution >= 0.6 is 0 Å². The van der Waals surface area contributed by atoms with Crippen molar-refractivity contribution < 1.29 is 42.8 Å². The molecule has 2 aliphatic rings. The summed E-state index contributed by atoms with van der Waals surface area (Å²) in [6.07, 6.45) is 3.30. The van der Waals surface area contributed by atoms with E-state index in [1.54, 1.807) is 6.92 Å². The van der Waals surface area contributed by atoms with Gasteiger partial charge in [-0.15, -0.1) is 0 Å². The zero-order chi connectivity index (χ0) is 30.7. The highest BCUT2D eigenvalue weighted by Crippen LogP contribution is 2.46. The molecule has 0 N–H and O–H groups in total. The molecule has 2 rings (SSSR count). The van der Waals surface area contributed by atoms with E-state index in [1.807, 2.05) is 34.6 Å². The molecule has 0 aromatic rings. The van der Waals surface area contributed by atoms with E-state index in [-0.39, 0.29) is 35.6 Å². The lowest BCUT2D eigenvalue weighted by Gasteiger charge is -2.54. The number of ether oxygens (including phenoxy) is 6. The Labute approximate surface area is 240 Å². The quantitative estimate of drug-likeness (QED) is 0.165. The first-order chi connectivity index (χ1) is 18.4. The van der Waals surface area contributed by atoms with E-state index < -0.39 is 35.9 Å². The van der Waals surface area contributed by atoms with Crippen molar-refractivity contribution in [3.05, 3.63) is 24.3 Å². The number of allylic oxidation sites excluding steroid dienone is 1. The van der Waals surface area contributed by atoms with E-state index in [1.165, 1.54) is 6.92 Å². The molecule has 9 heteroatoms. The predicted octanol–water partition coefficient (Wildman–Crippen LogP) is 5.35. The molecule has 40 heavy (non-hydrogen) atoms. The fourth-order valence-corrected chi connectivity index (χ4v) is 3.80. The zero-order valence-electron chi connectivity index (χ0n) is 26.2. The maximum Gasteiger partial charge on any atom is 0.344 e. The van der Waals surface area contributed by atoms with Crippen LogP contribution in [0, 0.1) is 10.8 Å². The molecule has 230 valence electrons. The van der Waals surface area contributed by atoms with Crippen LogP contribution in [0.4, 0.5) is 0 Å². The molecule has 0 radical (unpaired) electrons. The highest BCUT2D eigenvalue weighted by molar-refractivity contribution is 5.94. The van der Waals surface area contributed by atoms with E-state index >= 15 is 0 Å². The Bertz CT molecular complexity index is 881. The number of ketones is 1. The Hall–Kier alpha value is -2.07. The van der Waals surface area contributed by atoms with Gasteiger partial charge in [0.05, 0.1) is 24.4 Å². The van der Waals surface area contributed by atoms with Crippen LogP contribution in [0.3, 0.4) is 0 Å². The normalized spacial score (nSPS) is 23.4. The highest BCUT2D eigenvalue weighted by atomic mass is 16.7. The van der Waals surface area contributed by atoms with Gasteiger partial charge in [-0.25, -0.2) is 9.59 Å². The molecule has 0 spiro atoms. The molecule has 0 bridgehead atoms. The summed E-state index contributed by atoms with van der Waals surface area (Å²) < 4.78 is 33.1. The number of hydrogen-bond acceptors (Lipinski definition) is 9. The fourth-order valence-electron chi connectivity index (χ4n) is 3.80. The number of Topliss-reactive ketones (excluding diaryl/α,β-unsaturated/α-hetero) is 1. The third-order valence-electron chi connectivity index (χ3n) is 7.71. The zero-order valence-corrected chi connectivity index (χ0v) is 26.2. The van der Waals surface area contributed by atoms with Crippen LogP contribution in [0.2, 0.25) is 0 Å². The van der Waals surface area contributed by atoms with Gasteiger partial charge in [0, 0.05) is 36.0 Å². The standard InChI is InChI=1S/C19H32O6.C12H20O3/c1-12(2)15(21)22-10-14(20)23-11-17(4,5)16-24-13(3)18(6,7)19(8,9)25-16;1-10(2)12(13)6-4-7-14-9-11-5-3-8-15-11/h13,16H,1,10-11H2,2-9H3;11H,1,3-9H2,2H3. The minimum absolute atomic E-state index is 0.0206. The molecule has 3 atom stereocenters. The third kappa shape index (κ3) is 11.4. The fraction of sp³-hybridized carbons (Fsp3) is 0.774. The summed E-state index contributed by atoms with van der Waals surface area (Å²) in [5.41, 5.74) is -0.249. The SMILES string of the molecule is C=C(C)C(=O)CCCOCC1CCCO1.C=C(C)C(=O)OCC(=O)OCC(C)(C)C1OC(C)C(C)(C)C(C)(C)O1. The Morgan fingerprint density at radius 2 is 1.68 bits per heavy atom. The molecule has 0 aromatic heterocycles. The average Bonchev–Trinajstić information content (AvgIpc) is 3.38. The highest BCUT2D eigenvalue weighted by Gasteiger charge is 2.52. The van der Waals surface area contributed by atoms with Gasteiger partial charge in [0.15, 0.2) is 18.7 Å². The summed E-state index contributed by atoms with van der Waals surface area (Å²) in [7, 11) is 0. The minimum Gasteiger partial charge on any atom is -0.462 e. The summed E-state index contributed by atoms with van der Waals surface area (Å²) >= 11 is 0. The molecule has 0 saturated carbocycles. The Morgan fingerprint density at radius 1 is 1.02 bits per heavy atom. The van der Waals surface area contributed by atoms with E-state index in [0.29, 0.717) is 25.2 Å². The van der Waals surface area contributed by atoms with E-state index in [4.69, 9.17) is 28.4 Å². The summed E-state index contributed by atoms with van der Waals surface area (Å²) in [6, 6.07) is 0. The topological polar surface area (TPSA) is 107 Å². The van der Waals surface area contributed by atoms with Crippen molar-refractivity contribution in [2.24, 2.45) is 10.8 Å². The Kier molecular flexibility index (Phi) is 14.2. The maximum absolute atomic E-state index is 11.8. The van der Waals surface area contributed by atoms with Gasteiger partial charge in [0.25, 0.3) is 0 Å². The van der Waals surface area contributed by atoms with Crippen molar-refractivity contribution in [1.82, 2.24) is 0 Å². The van der Waals surface area contributed by atoms with Crippen LogP contribution in [0.15, 0.2) is 24.3 Å². The van der Waals surface area contributed by atoms with Crippen molar-refractivity contribution >= 4 is 17.7 Å². The number of carbonyl (C=O) groups is 3. The van der Waals surface area contributed by atoms with Crippen LogP contribution < -0.4 is 0 Å². The molecule has 0 amide bonds. The van der Waals surface area contributed by atoms with Crippen molar-refractivity contribution in [1.29, 1.82) is 0 Å². The average molecular weight is 569 g/mol. The van der Waals surface area contributed by atoms with Crippen LogP contribution in [0.25, 0.3) is 0 Å². The van der Waals surface area contributed by atoms with Crippen molar-refractivity contribution in [3.8, 4) is 0 Å². The molecule has 2 heterocycles. The molecule has 0 aliphatic carbocycles. The molecule has 2 aliphatic heterocycles. The van der Waals surface area contributed by atoms with Gasteiger partial charge in [-0.2, -0.15) is 0 Å². The monoisotopic (exact) mass is 568 g/mol. The van der Waals surface area contributed by atoms with Gasteiger partial charge in [0.2, 0.25) is 0 Å². The van der Waals surface area contributed by atoms with Crippen molar-refractivity contribution in [3.63, 3.8) is 0 Å². The molecular formula is C31H52O9. The second-order valence-electron chi connectivity index (χ2n) is 12.5. The van der Waals surface area contributed by atoms with E-state index in [0.717, 1.165) is 25.9 Å². The summed E-state index contributed by atoms with van der Waals surface area (Å²) in [5.74, 6) is -1.10. The van der Waals surface area contributed by atoms with Crippen LogP contribution in [0.1, 0.15) is 88.0 Å².